The first-order valence-electron chi connectivity index (χ1n) is 10.9. The second kappa shape index (κ2) is 11.0. The highest BCUT2D eigenvalue weighted by molar-refractivity contribution is 5.29. The van der Waals surface area contributed by atoms with E-state index in [2.05, 4.69) is 52.0 Å². The maximum Gasteiger partial charge on any atom is 0.119 e. The first-order chi connectivity index (χ1) is 12.6. The van der Waals surface area contributed by atoms with E-state index in [9.17, 15) is 0 Å². The van der Waals surface area contributed by atoms with Gasteiger partial charge < -0.3 is 9.47 Å². The summed E-state index contributed by atoms with van der Waals surface area (Å²) in [6.07, 6.45) is 12.1. The summed E-state index contributed by atoms with van der Waals surface area (Å²) in [6.45, 7) is 10.5. The van der Waals surface area contributed by atoms with Crippen molar-refractivity contribution in [2.75, 3.05) is 13.2 Å². The van der Waals surface area contributed by atoms with Gasteiger partial charge in [-0.1, -0.05) is 58.6 Å². The predicted molar refractivity (Wildman–Crippen MR) is 111 cm³/mol. The second-order valence-electron chi connectivity index (χ2n) is 8.57. The van der Waals surface area contributed by atoms with Crippen LogP contribution in [-0.2, 0) is 4.74 Å². The highest BCUT2D eigenvalue weighted by Crippen LogP contribution is 2.40. The van der Waals surface area contributed by atoms with Crippen LogP contribution in [-0.4, -0.2) is 19.3 Å². The van der Waals surface area contributed by atoms with Crippen molar-refractivity contribution < 1.29 is 9.47 Å². The fraction of sp³-hybridized carbons (Fsp3) is 0.750. The Balaban J connectivity index is 1.67. The molecule has 0 heterocycles. The quantitative estimate of drug-likeness (QED) is 0.391. The van der Waals surface area contributed by atoms with E-state index in [1.165, 1.54) is 63.4 Å². The lowest BCUT2D eigenvalue weighted by molar-refractivity contribution is 0.00776. The monoisotopic (exact) mass is 360 g/mol. The fourth-order valence-corrected chi connectivity index (χ4v) is 4.56. The summed E-state index contributed by atoms with van der Waals surface area (Å²) in [5.74, 6) is 1.63. The lowest BCUT2D eigenvalue weighted by Crippen LogP contribution is -2.27. The summed E-state index contributed by atoms with van der Waals surface area (Å²) in [5, 5.41) is 0. The van der Waals surface area contributed by atoms with Gasteiger partial charge in [0.05, 0.1) is 12.7 Å². The van der Waals surface area contributed by atoms with Crippen LogP contribution in [0.1, 0.15) is 97.0 Å². The minimum absolute atomic E-state index is 0.323. The van der Waals surface area contributed by atoms with Crippen molar-refractivity contribution in [3.63, 3.8) is 0 Å². The predicted octanol–water partition coefficient (Wildman–Crippen LogP) is 7.12. The van der Waals surface area contributed by atoms with Crippen molar-refractivity contribution in [2.24, 2.45) is 5.41 Å². The highest BCUT2D eigenvalue weighted by atomic mass is 16.5. The molecule has 1 aromatic rings. The third kappa shape index (κ3) is 6.95. The first kappa shape index (κ1) is 21.3. The molecular formula is C24H40O2. The fourth-order valence-electron chi connectivity index (χ4n) is 4.56. The maximum absolute atomic E-state index is 6.02. The Bertz CT molecular complexity index is 487. The summed E-state index contributed by atoms with van der Waals surface area (Å²) >= 11 is 0. The number of hydrogen-bond acceptors (Lipinski definition) is 2. The van der Waals surface area contributed by atoms with Gasteiger partial charge in [0.25, 0.3) is 0 Å². The Morgan fingerprint density at radius 2 is 1.69 bits per heavy atom. The molecule has 0 saturated heterocycles. The molecule has 2 heteroatoms. The van der Waals surface area contributed by atoms with E-state index in [1.807, 2.05) is 0 Å². The van der Waals surface area contributed by atoms with E-state index in [-0.39, 0.29) is 0 Å². The SMILES string of the molecule is CCCC(CC)c1ccc(OCCOC(C)CC2(C)CCCCC2)cc1. The summed E-state index contributed by atoms with van der Waals surface area (Å²) in [6, 6.07) is 8.68. The molecular weight excluding hydrogens is 320 g/mol. The topological polar surface area (TPSA) is 18.5 Å². The molecule has 1 aliphatic rings. The van der Waals surface area contributed by atoms with Gasteiger partial charge in [0.1, 0.15) is 12.4 Å². The largest absolute Gasteiger partial charge is 0.491 e. The van der Waals surface area contributed by atoms with Gasteiger partial charge in [-0.15, -0.1) is 0 Å². The van der Waals surface area contributed by atoms with Crippen LogP contribution in [0.2, 0.25) is 0 Å². The second-order valence-corrected chi connectivity index (χ2v) is 8.57. The standard InChI is InChI=1S/C24H40O2/c1-5-10-21(6-2)22-11-13-23(14-12-22)26-18-17-25-20(3)19-24(4)15-8-7-9-16-24/h11-14,20-21H,5-10,15-19H2,1-4H3. The lowest BCUT2D eigenvalue weighted by Gasteiger charge is -2.35. The van der Waals surface area contributed by atoms with Crippen LogP contribution in [0, 0.1) is 5.41 Å². The molecule has 0 bridgehead atoms. The van der Waals surface area contributed by atoms with Gasteiger partial charge in [-0.25, -0.2) is 0 Å². The zero-order chi connectivity index (χ0) is 18.8. The van der Waals surface area contributed by atoms with E-state index in [0.717, 1.165) is 5.75 Å². The molecule has 0 spiro atoms. The summed E-state index contributed by atoms with van der Waals surface area (Å²) in [4.78, 5) is 0. The van der Waals surface area contributed by atoms with E-state index in [1.54, 1.807) is 0 Å². The Morgan fingerprint density at radius 1 is 1.00 bits per heavy atom. The zero-order valence-electron chi connectivity index (χ0n) is 17.6. The highest BCUT2D eigenvalue weighted by Gasteiger charge is 2.28. The summed E-state index contributed by atoms with van der Waals surface area (Å²) < 4.78 is 11.9. The minimum Gasteiger partial charge on any atom is -0.491 e. The van der Waals surface area contributed by atoms with E-state index >= 15 is 0 Å². The summed E-state index contributed by atoms with van der Waals surface area (Å²) in [7, 11) is 0. The van der Waals surface area contributed by atoms with Crippen LogP contribution in [0.25, 0.3) is 0 Å². The van der Waals surface area contributed by atoms with Crippen LogP contribution >= 0.6 is 0 Å². The lowest BCUT2D eigenvalue weighted by atomic mass is 9.72. The van der Waals surface area contributed by atoms with Crippen LogP contribution in [0.3, 0.4) is 0 Å². The van der Waals surface area contributed by atoms with Crippen molar-refractivity contribution in [3.05, 3.63) is 29.8 Å². The molecule has 2 atom stereocenters. The van der Waals surface area contributed by atoms with Gasteiger partial charge in [0.2, 0.25) is 0 Å². The van der Waals surface area contributed by atoms with Crippen LogP contribution < -0.4 is 4.74 Å². The van der Waals surface area contributed by atoms with Gasteiger partial charge in [-0.3, -0.25) is 0 Å². The molecule has 0 N–H and O–H groups in total. The van der Waals surface area contributed by atoms with Gasteiger partial charge >= 0.3 is 0 Å². The minimum atomic E-state index is 0.323. The van der Waals surface area contributed by atoms with Gasteiger partial charge in [-0.05, 0) is 68.1 Å². The molecule has 1 saturated carbocycles. The van der Waals surface area contributed by atoms with Gasteiger partial charge in [0, 0.05) is 0 Å². The van der Waals surface area contributed by atoms with Crippen LogP contribution in [0.15, 0.2) is 24.3 Å². The number of rotatable bonds is 11. The molecule has 0 aromatic heterocycles. The molecule has 148 valence electrons. The van der Waals surface area contributed by atoms with Gasteiger partial charge in [-0.2, -0.15) is 0 Å². The summed E-state index contributed by atoms with van der Waals surface area (Å²) in [5.41, 5.74) is 1.93. The smallest absolute Gasteiger partial charge is 0.119 e. The molecule has 2 unspecified atom stereocenters. The Kier molecular flexibility index (Phi) is 8.98. The molecule has 26 heavy (non-hydrogen) atoms. The molecule has 0 aliphatic heterocycles. The van der Waals surface area contributed by atoms with Crippen molar-refractivity contribution in [1.29, 1.82) is 0 Å². The number of hydrogen-bond donors (Lipinski definition) is 0. The number of ether oxygens (including phenoxy) is 2. The van der Waals surface area contributed by atoms with E-state index in [4.69, 9.17) is 9.47 Å². The Hall–Kier alpha value is -1.02. The maximum atomic E-state index is 6.02. The Morgan fingerprint density at radius 3 is 2.31 bits per heavy atom. The van der Waals surface area contributed by atoms with Gasteiger partial charge in [0.15, 0.2) is 0 Å². The molecule has 1 aliphatic carbocycles. The third-order valence-electron chi connectivity index (χ3n) is 6.08. The zero-order valence-corrected chi connectivity index (χ0v) is 17.6. The third-order valence-corrected chi connectivity index (χ3v) is 6.08. The molecule has 1 fully saturated rings. The molecule has 2 rings (SSSR count). The molecule has 1 aromatic carbocycles. The first-order valence-corrected chi connectivity index (χ1v) is 10.9. The average Bonchev–Trinajstić information content (AvgIpc) is 2.64. The average molecular weight is 361 g/mol. The van der Waals surface area contributed by atoms with Crippen molar-refractivity contribution in [3.8, 4) is 5.75 Å². The van der Waals surface area contributed by atoms with Crippen molar-refractivity contribution >= 4 is 0 Å². The Labute approximate surface area is 161 Å². The molecule has 0 amide bonds. The molecule has 0 radical (unpaired) electrons. The van der Waals surface area contributed by atoms with E-state index < -0.39 is 0 Å². The van der Waals surface area contributed by atoms with Crippen molar-refractivity contribution in [2.45, 2.75) is 97.5 Å². The normalized spacial score (nSPS) is 19.1. The van der Waals surface area contributed by atoms with Crippen molar-refractivity contribution in [1.82, 2.24) is 0 Å². The van der Waals surface area contributed by atoms with Crippen LogP contribution in [0.4, 0.5) is 0 Å². The number of benzene rings is 1. The van der Waals surface area contributed by atoms with Crippen LogP contribution in [0.5, 0.6) is 5.75 Å². The van der Waals surface area contributed by atoms with E-state index in [0.29, 0.717) is 30.7 Å². The molecule has 2 nitrogen and oxygen atoms in total.